The van der Waals surface area contributed by atoms with Crippen LogP contribution in [0.3, 0.4) is 0 Å². The Labute approximate surface area is 159 Å². The van der Waals surface area contributed by atoms with Crippen molar-refractivity contribution in [3.05, 3.63) is 84.4 Å². The molecule has 1 aromatic heterocycles. The van der Waals surface area contributed by atoms with Gasteiger partial charge in [0, 0.05) is 21.7 Å². The van der Waals surface area contributed by atoms with E-state index in [1.807, 2.05) is 0 Å². The average molecular weight is 349 g/mol. The largest absolute Gasteiger partial charge is 0.354 e. The highest BCUT2D eigenvalue weighted by molar-refractivity contribution is 6.20. The Hall–Kier alpha value is -3.06. The quantitative estimate of drug-likeness (QED) is 0.324. The third kappa shape index (κ3) is 2.54. The van der Waals surface area contributed by atoms with E-state index in [1.165, 1.54) is 49.3 Å². The van der Waals surface area contributed by atoms with Crippen molar-refractivity contribution in [3.8, 4) is 11.1 Å². The third-order valence-corrected chi connectivity index (χ3v) is 5.56. The fourth-order valence-electron chi connectivity index (χ4n) is 4.06. The molecular weight excluding hydrogens is 326 g/mol. The highest BCUT2D eigenvalue weighted by atomic mass is 14.7. The lowest BCUT2D eigenvalue weighted by Crippen LogP contribution is -2.10. The van der Waals surface area contributed by atoms with Crippen molar-refractivity contribution >= 4 is 32.6 Å². The summed E-state index contributed by atoms with van der Waals surface area (Å²) in [6, 6.07) is 28.6. The molecule has 0 amide bonds. The van der Waals surface area contributed by atoms with E-state index in [0.717, 1.165) is 0 Å². The van der Waals surface area contributed by atoms with E-state index in [1.54, 1.807) is 0 Å². The summed E-state index contributed by atoms with van der Waals surface area (Å²) in [5, 5.41) is 5.18. The first-order valence-corrected chi connectivity index (χ1v) is 9.55. The van der Waals surface area contributed by atoms with E-state index >= 15 is 0 Å². The van der Waals surface area contributed by atoms with Gasteiger partial charge in [-0.15, -0.1) is 0 Å². The first kappa shape index (κ1) is 16.1. The summed E-state index contributed by atoms with van der Waals surface area (Å²) in [5.74, 6) is 0. The van der Waals surface area contributed by atoms with Crippen LogP contribution in [-0.2, 0) is 5.41 Å². The number of hydrogen-bond donors (Lipinski definition) is 1. The van der Waals surface area contributed by atoms with Gasteiger partial charge in [-0.2, -0.15) is 0 Å². The second kappa shape index (κ2) is 5.72. The van der Waals surface area contributed by atoms with Crippen molar-refractivity contribution in [1.29, 1.82) is 0 Å². The molecule has 0 bridgehead atoms. The molecule has 1 heteroatoms. The van der Waals surface area contributed by atoms with Crippen molar-refractivity contribution in [2.45, 2.75) is 26.2 Å². The smallest absolute Gasteiger partial charge is 0.0544 e. The molecule has 5 rings (SSSR count). The number of para-hydroxylation sites is 1. The molecule has 1 nitrogen and oxygen atoms in total. The molecule has 0 saturated heterocycles. The topological polar surface area (TPSA) is 15.8 Å². The van der Waals surface area contributed by atoms with Gasteiger partial charge in [-0.05, 0) is 45.7 Å². The molecule has 1 heterocycles. The minimum Gasteiger partial charge on any atom is -0.354 e. The van der Waals surface area contributed by atoms with Crippen LogP contribution in [0.1, 0.15) is 26.3 Å². The monoisotopic (exact) mass is 349 g/mol. The first-order valence-electron chi connectivity index (χ1n) is 9.55. The number of hydrogen-bond acceptors (Lipinski definition) is 0. The predicted molar refractivity (Wildman–Crippen MR) is 117 cm³/mol. The van der Waals surface area contributed by atoms with Crippen LogP contribution in [0.4, 0.5) is 0 Å². The van der Waals surface area contributed by atoms with Crippen molar-refractivity contribution in [2.75, 3.05) is 0 Å². The van der Waals surface area contributed by atoms with Crippen LogP contribution in [0.2, 0.25) is 0 Å². The summed E-state index contributed by atoms with van der Waals surface area (Å²) in [6.07, 6.45) is 0. The van der Waals surface area contributed by atoms with E-state index in [0.29, 0.717) is 0 Å². The molecule has 0 unspecified atom stereocenters. The highest BCUT2D eigenvalue weighted by Crippen LogP contribution is 2.39. The van der Waals surface area contributed by atoms with Crippen molar-refractivity contribution in [1.82, 2.24) is 4.98 Å². The van der Waals surface area contributed by atoms with E-state index in [4.69, 9.17) is 0 Å². The van der Waals surface area contributed by atoms with Gasteiger partial charge in [0.15, 0.2) is 0 Å². The molecule has 0 radical (unpaired) electrons. The van der Waals surface area contributed by atoms with E-state index in [9.17, 15) is 0 Å². The Morgan fingerprint density at radius 1 is 0.630 bits per heavy atom. The van der Waals surface area contributed by atoms with Gasteiger partial charge in [-0.25, -0.2) is 0 Å². The summed E-state index contributed by atoms with van der Waals surface area (Å²) in [7, 11) is 0. The van der Waals surface area contributed by atoms with E-state index in [2.05, 4.69) is 105 Å². The van der Waals surface area contributed by atoms with Crippen LogP contribution in [0, 0.1) is 0 Å². The molecule has 1 N–H and O–H groups in total. The molecule has 5 aromatic rings. The van der Waals surface area contributed by atoms with Crippen LogP contribution in [0.5, 0.6) is 0 Å². The van der Waals surface area contributed by atoms with Crippen LogP contribution in [0.25, 0.3) is 43.7 Å². The summed E-state index contributed by atoms with van der Waals surface area (Å²) in [5.41, 5.74) is 6.47. The Kier molecular flexibility index (Phi) is 3.42. The first-order chi connectivity index (χ1) is 13.0. The maximum atomic E-state index is 3.66. The summed E-state index contributed by atoms with van der Waals surface area (Å²) < 4.78 is 0. The van der Waals surface area contributed by atoms with Gasteiger partial charge in [0.2, 0.25) is 0 Å². The molecule has 0 aliphatic heterocycles. The number of aromatic nitrogens is 1. The van der Waals surface area contributed by atoms with Crippen molar-refractivity contribution < 1.29 is 0 Å². The van der Waals surface area contributed by atoms with Gasteiger partial charge in [0.1, 0.15) is 0 Å². The normalized spacial score (nSPS) is 12.3. The Morgan fingerprint density at radius 3 is 2.15 bits per heavy atom. The lowest BCUT2D eigenvalue weighted by Gasteiger charge is -2.20. The van der Waals surface area contributed by atoms with E-state index in [-0.39, 0.29) is 5.41 Å². The van der Waals surface area contributed by atoms with Gasteiger partial charge in [0.25, 0.3) is 0 Å². The Bertz CT molecular complexity index is 1280. The zero-order valence-corrected chi connectivity index (χ0v) is 16.0. The number of benzene rings is 4. The Balaban J connectivity index is 1.97. The molecule has 0 fully saturated rings. The fraction of sp³-hybridized carbons (Fsp3) is 0.154. The lowest BCUT2D eigenvalue weighted by atomic mass is 9.84. The lowest BCUT2D eigenvalue weighted by molar-refractivity contribution is 0.591. The molecule has 0 aliphatic rings. The maximum Gasteiger partial charge on any atom is 0.0544 e. The number of nitrogens with one attached hydrogen (secondary N) is 1. The minimum absolute atomic E-state index is 0.123. The number of aromatic amines is 1. The molecule has 0 spiro atoms. The SMILES string of the molecule is CC(C)(C)c1ccc2c(c1)c(-c1ccccc1)cc1c3ccccc3[nH]c21. The van der Waals surface area contributed by atoms with Crippen molar-refractivity contribution in [3.63, 3.8) is 0 Å². The second-order valence-corrected chi connectivity index (χ2v) is 8.39. The van der Waals surface area contributed by atoms with Crippen LogP contribution in [0.15, 0.2) is 78.9 Å². The average Bonchev–Trinajstić information content (AvgIpc) is 3.06. The molecule has 4 aromatic carbocycles. The molecular formula is C26H23N. The van der Waals surface area contributed by atoms with Gasteiger partial charge in [-0.1, -0.05) is 81.4 Å². The highest BCUT2D eigenvalue weighted by Gasteiger charge is 2.17. The Morgan fingerprint density at radius 2 is 1.37 bits per heavy atom. The third-order valence-electron chi connectivity index (χ3n) is 5.56. The second-order valence-electron chi connectivity index (χ2n) is 8.39. The molecule has 132 valence electrons. The minimum atomic E-state index is 0.123. The standard InChI is InChI=1S/C26H23N/c1-26(2,3)18-13-14-20-22(15-18)21(17-9-5-4-6-10-17)16-23-19-11-7-8-12-24(19)27-25(20)23/h4-16,27H,1-3H3. The number of rotatable bonds is 1. The number of H-pyrrole nitrogens is 1. The summed E-state index contributed by atoms with van der Waals surface area (Å²) in [4.78, 5) is 3.66. The zero-order valence-electron chi connectivity index (χ0n) is 16.0. The van der Waals surface area contributed by atoms with Crippen LogP contribution in [-0.4, -0.2) is 4.98 Å². The fourth-order valence-corrected chi connectivity index (χ4v) is 4.06. The molecule has 27 heavy (non-hydrogen) atoms. The van der Waals surface area contributed by atoms with Gasteiger partial charge < -0.3 is 4.98 Å². The zero-order chi connectivity index (χ0) is 18.6. The summed E-state index contributed by atoms with van der Waals surface area (Å²) >= 11 is 0. The van der Waals surface area contributed by atoms with Gasteiger partial charge in [-0.3, -0.25) is 0 Å². The summed E-state index contributed by atoms with van der Waals surface area (Å²) in [6.45, 7) is 6.83. The molecule has 0 atom stereocenters. The molecule has 0 aliphatic carbocycles. The number of fused-ring (bicyclic) bond motifs is 5. The van der Waals surface area contributed by atoms with Gasteiger partial charge in [0.05, 0.1) is 5.52 Å². The molecule has 0 saturated carbocycles. The van der Waals surface area contributed by atoms with E-state index < -0.39 is 0 Å². The van der Waals surface area contributed by atoms with Crippen LogP contribution < -0.4 is 0 Å². The van der Waals surface area contributed by atoms with Crippen molar-refractivity contribution in [2.24, 2.45) is 0 Å². The maximum absolute atomic E-state index is 3.66. The predicted octanol–water partition coefficient (Wildman–Crippen LogP) is 7.44. The van der Waals surface area contributed by atoms with Crippen LogP contribution >= 0.6 is 0 Å². The van der Waals surface area contributed by atoms with Gasteiger partial charge >= 0.3 is 0 Å².